The Morgan fingerprint density at radius 1 is 1.56 bits per heavy atom. The third-order valence-electron chi connectivity index (χ3n) is 2.40. The average Bonchev–Trinajstić information content (AvgIpc) is 2.39. The lowest BCUT2D eigenvalue weighted by atomic mass is 10.1. The molecule has 4 N–H and O–H groups in total. The van der Waals surface area contributed by atoms with Crippen molar-refractivity contribution in [3.63, 3.8) is 0 Å². The minimum atomic E-state index is 0.0488. The lowest BCUT2D eigenvalue weighted by Gasteiger charge is -2.08. The zero-order valence-corrected chi connectivity index (χ0v) is 11.1. The van der Waals surface area contributed by atoms with Gasteiger partial charge in [-0.15, -0.1) is 0 Å². The fourth-order valence-corrected chi connectivity index (χ4v) is 1.67. The predicted molar refractivity (Wildman–Crippen MR) is 72.2 cm³/mol. The summed E-state index contributed by atoms with van der Waals surface area (Å²) in [6, 6.07) is 5.29. The average molecular weight is 272 g/mol. The summed E-state index contributed by atoms with van der Waals surface area (Å²) in [4.78, 5) is 0. The molecule has 5 nitrogen and oxygen atoms in total. The fraction of sp³-hybridized carbons (Fsp3) is 0.417. The predicted octanol–water partition coefficient (Wildman–Crippen LogP) is 1.56. The Bertz CT molecular complexity index is 410. The van der Waals surface area contributed by atoms with E-state index in [9.17, 15) is 0 Å². The first kappa shape index (κ1) is 14.8. The highest BCUT2D eigenvalue weighted by Gasteiger charge is 2.04. The Balaban J connectivity index is 2.52. The number of hydrogen-bond acceptors (Lipinski definition) is 4. The van der Waals surface area contributed by atoms with Crippen LogP contribution in [0.4, 0.5) is 0 Å². The number of ether oxygens (including phenoxy) is 1. The summed E-state index contributed by atoms with van der Waals surface area (Å²) in [5, 5.41) is 15.3. The van der Waals surface area contributed by atoms with Crippen LogP contribution in [0, 0.1) is 0 Å². The van der Waals surface area contributed by atoms with Gasteiger partial charge in [0, 0.05) is 30.3 Å². The van der Waals surface area contributed by atoms with Crippen LogP contribution in [0.3, 0.4) is 0 Å². The van der Waals surface area contributed by atoms with E-state index < -0.39 is 0 Å². The van der Waals surface area contributed by atoms with Gasteiger partial charge in [-0.3, -0.25) is 0 Å². The molecule has 0 bridgehead atoms. The quantitative estimate of drug-likeness (QED) is 0.231. The summed E-state index contributed by atoms with van der Waals surface area (Å²) in [7, 11) is 0. The van der Waals surface area contributed by atoms with E-state index in [2.05, 4.69) is 10.5 Å². The molecule has 0 atom stereocenters. The van der Waals surface area contributed by atoms with Crippen molar-refractivity contribution in [3.05, 3.63) is 34.3 Å². The molecule has 0 spiro atoms. The van der Waals surface area contributed by atoms with Gasteiger partial charge in [-0.05, 0) is 18.6 Å². The van der Waals surface area contributed by atoms with Crippen LogP contribution in [0.1, 0.15) is 18.1 Å². The van der Waals surface area contributed by atoms with Gasteiger partial charge >= 0.3 is 0 Å². The monoisotopic (exact) mass is 271 g/mol. The van der Waals surface area contributed by atoms with E-state index in [1.54, 1.807) is 12.1 Å². The summed E-state index contributed by atoms with van der Waals surface area (Å²) in [6.07, 6.45) is 0. The van der Waals surface area contributed by atoms with E-state index in [1.165, 1.54) is 0 Å². The van der Waals surface area contributed by atoms with Crippen LogP contribution in [-0.2, 0) is 11.3 Å². The van der Waals surface area contributed by atoms with E-state index in [0.717, 1.165) is 18.7 Å². The summed E-state index contributed by atoms with van der Waals surface area (Å²) >= 11 is 6.11. The first-order valence-corrected chi connectivity index (χ1v) is 6.11. The number of amidine groups is 1. The lowest BCUT2D eigenvalue weighted by Crippen LogP contribution is -2.19. The molecule has 0 aromatic heterocycles. The van der Waals surface area contributed by atoms with Gasteiger partial charge in [-0.2, -0.15) is 0 Å². The molecule has 0 saturated heterocycles. The molecule has 18 heavy (non-hydrogen) atoms. The highest BCUT2D eigenvalue weighted by molar-refractivity contribution is 6.31. The van der Waals surface area contributed by atoms with E-state index in [4.69, 9.17) is 27.3 Å². The lowest BCUT2D eigenvalue weighted by molar-refractivity contribution is 0.149. The molecule has 6 heteroatoms. The standard InChI is InChI=1S/C12H18ClN3O2/c1-2-18-6-5-15-8-10-4-3-9(7-11(10)13)12(14)16-17/h3-4,7,15,17H,2,5-6,8H2,1H3,(H2,14,16). The van der Waals surface area contributed by atoms with Gasteiger partial charge in [0.1, 0.15) is 0 Å². The molecule has 1 aromatic rings. The van der Waals surface area contributed by atoms with Crippen LogP contribution in [0.25, 0.3) is 0 Å². The molecule has 0 aliphatic carbocycles. The number of hydrogen-bond donors (Lipinski definition) is 3. The van der Waals surface area contributed by atoms with Crippen molar-refractivity contribution in [1.29, 1.82) is 0 Å². The second-order valence-corrected chi connectivity index (χ2v) is 4.07. The number of rotatable bonds is 7. The normalized spacial score (nSPS) is 11.8. The summed E-state index contributed by atoms with van der Waals surface area (Å²) in [5.41, 5.74) is 7.04. The Morgan fingerprint density at radius 2 is 2.33 bits per heavy atom. The summed E-state index contributed by atoms with van der Waals surface area (Å²) in [5.74, 6) is 0.0488. The highest BCUT2D eigenvalue weighted by atomic mass is 35.5. The maximum atomic E-state index is 8.57. The third kappa shape index (κ3) is 4.52. The van der Waals surface area contributed by atoms with Crippen molar-refractivity contribution in [1.82, 2.24) is 5.32 Å². The van der Waals surface area contributed by atoms with Crippen molar-refractivity contribution in [3.8, 4) is 0 Å². The van der Waals surface area contributed by atoms with Gasteiger partial charge in [0.05, 0.1) is 6.61 Å². The molecule has 0 unspecified atom stereocenters. The van der Waals surface area contributed by atoms with Crippen molar-refractivity contribution in [2.75, 3.05) is 19.8 Å². The number of oxime groups is 1. The van der Waals surface area contributed by atoms with Gasteiger partial charge in [-0.1, -0.05) is 28.9 Å². The molecule has 1 aromatic carbocycles. The van der Waals surface area contributed by atoms with E-state index in [1.807, 2.05) is 13.0 Å². The topological polar surface area (TPSA) is 79.9 Å². The highest BCUT2D eigenvalue weighted by Crippen LogP contribution is 2.17. The van der Waals surface area contributed by atoms with Crippen LogP contribution in [0.5, 0.6) is 0 Å². The smallest absolute Gasteiger partial charge is 0.170 e. The number of nitrogens with two attached hydrogens (primary N) is 1. The molecule has 100 valence electrons. The summed E-state index contributed by atoms with van der Waals surface area (Å²) < 4.78 is 5.21. The first-order valence-electron chi connectivity index (χ1n) is 5.73. The van der Waals surface area contributed by atoms with Crippen LogP contribution in [-0.4, -0.2) is 30.8 Å². The van der Waals surface area contributed by atoms with E-state index >= 15 is 0 Å². The molecule has 0 aliphatic rings. The van der Waals surface area contributed by atoms with Crippen molar-refractivity contribution in [2.24, 2.45) is 10.9 Å². The van der Waals surface area contributed by atoms with Gasteiger partial charge < -0.3 is 21.0 Å². The molecular weight excluding hydrogens is 254 g/mol. The SMILES string of the molecule is CCOCCNCc1ccc(/C(N)=N/O)cc1Cl. The minimum absolute atomic E-state index is 0.0488. The Hall–Kier alpha value is -1.30. The second-order valence-electron chi connectivity index (χ2n) is 3.67. The van der Waals surface area contributed by atoms with Crippen LogP contribution in [0.15, 0.2) is 23.4 Å². The summed E-state index contributed by atoms with van der Waals surface area (Å²) in [6.45, 7) is 4.78. The molecule has 0 amide bonds. The Labute approximate surface area is 112 Å². The number of halogens is 1. The van der Waals surface area contributed by atoms with E-state index in [-0.39, 0.29) is 5.84 Å². The maximum Gasteiger partial charge on any atom is 0.170 e. The van der Waals surface area contributed by atoms with Crippen molar-refractivity contribution in [2.45, 2.75) is 13.5 Å². The molecule has 1 rings (SSSR count). The fourth-order valence-electron chi connectivity index (χ4n) is 1.42. The molecule has 0 aliphatic heterocycles. The Morgan fingerprint density at radius 3 is 2.94 bits per heavy atom. The van der Waals surface area contributed by atoms with Crippen LogP contribution < -0.4 is 11.1 Å². The van der Waals surface area contributed by atoms with Crippen molar-refractivity contribution >= 4 is 17.4 Å². The molecule has 0 fully saturated rings. The van der Waals surface area contributed by atoms with Gasteiger partial charge in [0.2, 0.25) is 0 Å². The number of nitrogens with zero attached hydrogens (tertiary/aromatic N) is 1. The first-order chi connectivity index (χ1) is 8.69. The third-order valence-corrected chi connectivity index (χ3v) is 2.75. The molecule has 0 radical (unpaired) electrons. The van der Waals surface area contributed by atoms with Gasteiger partial charge in [0.15, 0.2) is 5.84 Å². The number of nitrogens with one attached hydrogen (secondary N) is 1. The zero-order chi connectivity index (χ0) is 13.4. The van der Waals surface area contributed by atoms with Crippen molar-refractivity contribution < 1.29 is 9.94 Å². The van der Waals surface area contributed by atoms with E-state index in [0.29, 0.717) is 23.7 Å². The van der Waals surface area contributed by atoms with Gasteiger partial charge in [0.25, 0.3) is 0 Å². The number of benzene rings is 1. The molecule has 0 heterocycles. The molecule has 0 saturated carbocycles. The maximum absolute atomic E-state index is 8.57. The second kappa shape index (κ2) is 7.92. The van der Waals surface area contributed by atoms with Crippen LogP contribution in [0.2, 0.25) is 5.02 Å². The Kier molecular flexibility index (Phi) is 6.49. The van der Waals surface area contributed by atoms with Gasteiger partial charge in [-0.25, -0.2) is 0 Å². The zero-order valence-electron chi connectivity index (χ0n) is 10.3. The van der Waals surface area contributed by atoms with Crippen LogP contribution >= 0.6 is 11.6 Å². The molecular formula is C12H18ClN3O2. The largest absolute Gasteiger partial charge is 0.409 e. The minimum Gasteiger partial charge on any atom is -0.409 e.